The van der Waals surface area contributed by atoms with Crippen LogP contribution >= 0.6 is 27.5 Å². The van der Waals surface area contributed by atoms with Gasteiger partial charge in [-0.3, -0.25) is 4.79 Å². The number of carbonyl (C=O) groups excluding carboxylic acids is 1. The molecule has 0 aliphatic carbocycles. The molecule has 98 valence electrons. The molecule has 0 spiro atoms. The topological polar surface area (TPSA) is 86.6 Å². The van der Waals surface area contributed by atoms with E-state index in [2.05, 4.69) is 21.2 Å². The van der Waals surface area contributed by atoms with Crippen molar-refractivity contribution in [3.63, 3.8) is 0 Å². The van der Waals surface area contributed by atoms with Gasteiger partial charge in [-0.05, 0) is 25.1 Å². The molecule has 0 fully saturated rings. The summed E-state index contributed by atoms with van der Waals surface area (Å²) in [6.07, 6.45) is -1.21. The van der Waals surface area contributed by atoms with Crippen LogP contribution < -0.4 is 5.32 Å². The van der Waals surface area contributed by atoms with Crippen molar-refractivity contribution < 1.29 is 19.8 Å². The Balaban J connectivity index is 2.91. The second-order valence-electron chi connectivity index (χ2n) is 3.65. The van der Waals surface area contributed by atoms with E-state index < -0.39 is 24.0 Å². The highest BCUT2D eigenvalue weighted by Gasteiger charge is 2.26. The predicted octanol–water partition coefficient (Wildman–Crippen LogP) is 1.67. The number of carbonyl (C=O) groups is 2. The van der Waals surface area contributed by atoms with E-state index >= 15 is 0 Å². The Morgan fingerprint density at radius 3 is 2.50 bits per heavy atom. The van der Waals surface area contributed by atoms with Crippen molar-refractivity contribution in [2.45, 2.75) is 19.1 Å². The molecule has 1 rings (SSSR count). The van der Waals surface area contributed by atoms with Crippen LogP contribution in [0.5, 0.6) is 0 Å². The molecule has 5 nitrogen and oxygen atoms in total. The number of aliphatic carboxylic acids is 1. The van der Waals surface area contributed by atoms with Gasteiger partial charge < -0.3 is 15.5 Å². The molecule has 0 aromatic heterocycles. The summed E-state index contributed by atoms with van der Waals surface area (Å²) in [5.41, 5.74) is 0.145. The lowest BCUT2D eigenvalue weighted by atomic mass is 10.1. The normalized spacial score (nSPS) is 13.8. The zero-order chi connectivity index (χ0) is 13.9. The van der Waals surface area contributed by atoms with Gasteiger partial charge in [0.1, 0.15) is 0 Å². The Bertz CT molecular complexity index is 478. The van der Waals surface area contributed by atoms with Crippen LogP contribution in [0.25, 0.3) is 0 Å². The molecule has 0 aliphatic heterocycles. The van der Waals surface area contributed by atoms with Crippen molar-refractivity contribution in [2.75, 3.05) is 0 Å². The van der Waals surface area contributed by atoms with Gasteiger partial charge in [-0.15, -0.1) is 0 Å². The maximum atomic E-state index is 11.8. The van der Waals surface area contributed by atoms with Crippen LogP contribution in [0, 0.1) is 0 Å². The third-order valence-electron chi connectivity index (χ3n) is 2.21. The minimum Gasteiger partial charge on any atom is -0.480 e. The van der Waals surface area contributed by atoms with Crippen LogP contribution in [0.2, 0.25) is 5.02 Å². The summed E-state index contributed by atoms with van der Waals surface area (Å²) in [5.74, 6) is -1.97. The smallest absolute Gasteiger partial charge is 0.328 e. The summed E-state index contributed by atoms with van der Waals surface area (Å²) in [6.45, 7) is 1.28. The number of rotatable bonds is 4. The van der Waals surface area contributed by atoms with E-state index in [9.17, 15) is 14.7 Å². The molecule has 7 heteroatoms. The van der Waals surface area contributed by atoms with Crippen LogP contribution in [0.4, 0.5) is 0 Å². The maximum absolute atomic E-state index is 11.8. The number of carboxylic acid groups (broad SMARTS) is 1. The average molecular weight is 337 g/mol. The fourth-order valence-electron chi connectivity index (χ4n) is 1.28. The molecule has 18 heavy (non-hydrogen) atoms. The van der Waals surface area contributed by atoms with Gasteiger partial charge in [-0.1, -0.05) is 27.5 Å². The Morgan fingerprint density at radius 2 is 2.06 bits per heavy atom. The third kappa shape index (κ3) is 3.69. The van der Waals surface area contributed by atoms with E-state index in [1.54, 1.807) is 6.07 Å². The highest BCUT2D eigenvalue weighted by molar-refractivity contribution is 9.10. The van der Waals surface area contributed by atoms with Crippen LogP contribution in [-0.2, 0) is 4.79 Å². The Labute approximate surface area is 117 Å². The Hall–Kier alpha value is -1.11. The summed E-state index contributed by atoms with van der Waals surface area (Å²) in [6, 6.07) is 3.22. The summed E-state index contributed by atoms with van der Waals surface area (Å²) in [4.78, 5) is 22.6. The molecule has 0 saturated heterocycles. The first-order valence-corrected chi connectivity index (χ1v) is 6.17. The molecule has 0 saturated carbocycles. The molecular formula is C11H11BrClNO4. The van der Waals surface area contributed by atoms with Crippen molar-refractivity contribution >= 4 is 39.4 Å². The highest BCUT2D eigenvalue weighted by Crippen LogP contribution is 2.21. The lowest BCUT2D eigenvalue weighted by molar-refractivity contribution is -0.141. The number of halogens is 2. The number of aliphatic hydroxyl groups excluding tert-OH is 1. The van der Waals surface area contributed by atoms with E-state index in [-0.39, 0.29) is 10.6 Å². The highest BCUT2D eigenvalue weighted by atomic mass is 79.9. The first-order valence-electron chi connectivity index (χ1n) is 4.99. The van der Waals surface area contributed by atoms with Crippen molar-refractivity contribution in [3.8, 4) is 0 Å². The quantitative estimate of drug-likeness (QED) is 0.780. The number of benzene rings is 1. The molecule has 2 unspecified atom stereocenters. The molecule has 0 radical (unpaired) electrons. The molecule has 1 amide bonds. The molecule has 1 aromatic carbocycles. The van der Waals surface area contributed by atoms with Gasteiger partial charge in [-0.2, -0.15) is 0 Å². The SMILES string of the molecule is CC(O)C(NC(=O)c1ccc(Br)cc1Cl)C(=O)O. The van der Waals surface area contributed by atoms with Gasteiger partial charge in [-0.25, -0.2) is 4.79 Å². The van der Waals surface area contributed by atoms with Gasteiger partial charge in [0.05, 0.1) is 16.7 Å². The van der Waals surface area contributed by atoms with Crippen LogP contribution in [0.3, 0.4) is 0 Å². The lowest BCUT2D eigenvalue weighted by Crippen LogP contribution is -2.47. The molecule has 1 aromatic rings. The largest absolute Gasteiger partial charge is 0.480 e. The number of hydrogen-bond acceptors (Lipinski definition) is 3. The van der Waals surface area contributed by atoms with Crippen molar-refractivity contribution in [2.24, 2.45) is 0 Å². The van der Waals surface area contributed by atoms with Crippen molar-refractivity contribution in [1.82, 2.24) is 5.32 Å². The number of hydrogen-bond donors (Lipinski definition) is 3. The second-order valence-corrected chi connectivity index (χ2v) is 4.98. The first-order chi connectivity index (χ1) is 8.32. The number of carboxylic acids is 1. The van der Waals surface area contributed by atoms with E-state index in [1.807, 2.05) is 0 Å². The summed E-state index contributed by atoms with van der Waals surface area (Å²) in [7, 11) is 0. The number of amides is 1. The fraction of sp³-hybridized carbons (Fsp3) is 0.273. The first kappa shape index (κ1) is 14.9. The third-order valence-corrected chi connectivity index (χ3v) is 3.02. The molecule has 0 bridgehead atoms. The van der Waals surface area contributed by atoms with Crippen LogP contribution in [0.15, 0.2) is 22.7 Å². The minimum absolute atomic E-state index is 0.145. The average Bonchev–Trinajstić information content (AvgIpc) is 2.24. The molecular weight excluding hydrogens is 325 g/mol. The zero-order valence-electron chi connectivity index (χ0n) is 9.35. The predicted molar refractivity (Wildman–Crippen MR) is 69.7 cm³/mol. The van der Waals surface area contributed by atoms with Crippen molar-refractivity contribution in [3.05, 3.63) is 33.3 Å². The van der Waals surface area contributed by atoms with E-state index in [1.165, 1.54) is 19.1 Å². The standard InChI is InChI=1S/C11H11BrClNO4/c1-5(15)9(11(17)18)14-10(16)7-3-2-6(12)4-8(7)13/h2-5,9,15H,1H3,(H,14,16)(H,17,18). The number of aliphatic hydroxyl groups is 1. The van der Waals surface area contributed by atoms with Gasteiger partial charge in [0.15, 0.2) is 6.04 Å². The second kappa shape index (κ2) is 6.17. The molecule has 2 atom stereocenters. The van der Waals surface area contributed by atoms with Crippen LogP contribution in [0.1, 0.15) is 17.3 Å². The van der Waals surface area contributed by atoms with E-state index in [0.717, 1.165) is 0 Å². The summed E-state index contributed by atoms with van der Waals surface area (Å²) in [5, 5.41) is 20.5. The van der Waals surface area contributed by atoms with Crippen LogP contribution in [-0.4, -0.2) is 34.2 Å². The monoisotopic (exact) mass is 335 g/mol. The van der Waals surface area contributed by atoms with Gasteiger partial charge >= 0.3 is 5.97 Å². The Morgan fingerprint density at radius 1 is 1.44 bits per heavy atom. The molecule has 0 heterocycles. The minimum atomic E-state index is -1.38. The Kier molecular flexibility index (Phi) is 5.13. The lowest BCUT2D eigenvalue weighted by Gasteiger charge is -2.17. The van der Waals surface area contributed by atoms with E-state index in [0.29, 0.717) is 4.47 Å². The van der Waals surface area contributed by atoms with Gasteiger partial charge in [0.2, 0.25) is 0 Å². The zero-order valence-corrected chi connectivity index (χ0v) is 11.7. The molecule has 0 aliphatic rings. The fourth-order valence-corrected chi connectivity index (χ4v) is 2.04. The summed E-state index contributed by atoms with van der Waals surface area (Å²) < 4.78 is 0.703. The maximum Gasteiger partial charge on any atom is 0.328 e. The van der Waals surface area contributed by atoms with Gasteiger partial charge in [0.25, 0.3) is 5.91 Å². The van der Waals surface area contributed by atoms with E-state index in [4.69, 9.17) is 16.7 Å². The summed E-state index contributed by atoms with van der Waals surface area (Å²) >= 11 is 9.06. The molecule has 3 N–H and O–H groups in total. The van der Waals surface area contributed by atoms with Gasteiger partial charge in [0, 0.05) is 4.47 Å². The number of nitrogens with one attached hydrogen (secondary N) is 1. The van der Waals surface area contributed by atoms with Crippen molar-refractivity contribution in [1.29, 1.82) is 0 Å².